The first kappa shape index (κ1) is 20.6. The molecule has 0 aromatic rings. The Balaban J connectivity index is 1.94. The van der Waals surface area contributed by atoms with E-state index in [1.54, 1.807) is 0 Å². The maximum atomic E-state index is 12.6. The zero-order valence-corrected chi connectivity index (χ0v) is 15.5. The second-order valence-corrected chi connectivity index (χ2v) is 8.19. The lowest BCUT2D eigenvalue weighted by Gasteiger charge is -2.40. The maximum absolute atomic E-state index is 12.6. The van der Waals surface area contributed by atoms with Crippen molar-refractivity contribution in [3.05, 3.63) is 0 Å². The van der Waals surface area contributed by atoms with Crippen LogP contribution in [0.5, 0.6) is 0 Å². The molecule has 0 bridgehead atoms. The van der Waals surface area contributed by atoms with Crippen molar-refractivity contribution in [2.24, 2.45) is 5.41 Å². The normalized spacial score (nSPS) is 21.9. The SMILES string of the molecule is O=C(CC1(CCN2CCCCC2)CCCCC1)NC(CO)(CO)CO. The molecular formula is C19H36N2O4. The molecule has 1 saturated heterocycles. The van der Waals surface area contributed by atoms with Crippen LogP contribution in [0.2, 0.25) is 0 Å². The number of hydrogen-bond acceptors (Lipinski definition) is 5. The van der Waals surface area contributed by atoms with Gasteiger partial charge in [-0.3, -0.25) is 4.79 Å². The van der Waals surface area contributed by atoms with Crippen molar-refractivity contribution in [3.63, 3.8) is 0 Å². The molecule has 0 aromatic heterocycles. The molecule has 2 fully saturated rings. The Bertz CT molecular complexity index is 392. The van der Waals surface area contributed by atoms with Gasteiger partial charge in [0.05, 0.1) is 19.8 Å². The number of aliphatic hydroxyl groups excluding tert-OH is 3. The standard InChI is InChI=1S/C19H36N2O4/c22-14-19(15-23,16-24)20-17(25)13-18(7-3-1-4-8-18)9-12-21-10-5-2-6-11-21/h22-24H,1-16H2,(H,20,25). The molecule has 25 heavy (non-hydrogen) atoms. The molecule has 1 heterocycles. The van der Waals surface area contributed by atoms with Crippen molar-refractivity contribution in [1.82, 2.24) is 10.2 Å². The number of nitrogens with zero attached hydrogens (tertiary/aromatic N) is 1. The van der Waals surface area contributed by atoms with E-state index in [9.17, 15) is 20.1 Å². The lowest BCUT2D eigenvalue weighted by atomic mass is 9.69. The summed E-state index contributed by atoms with van der Waals surface area (Å²) in [7, 11) is 0. The topological polar surface area (TPSA) is 93.0 Å². The Morgan fingerprint density at radius 2 is 1.48 bits per heavy atom. The van der Waals surface area contributed by atoms with E-state index in [-0.39, 0.29) is 11.3 Å². The van der Waals surface area contributed by atoms with Crippen molar-refractivity contribution in [2.75, 3.05) is 39.5 Å². The zero-order chi connectivity index (χ0) is 18.2. The lowest BCUT2D eigenvalue weighted by Crippen LogP contribution is -2.57. The first-order valence-electron chi connectivity index (χ1n) is 9.93. The number of piperidine rings is 1. The number of hydrogen-bond donors (Lipinski definition) is 4. The number of aliphatic hydroxyl groups is 3. The third-order valence-corrected chi connectivity index (χ3v) is 6.17. The van der Waals surface area contributed by atoms with Crippen molar-refractivity contribution >= 4 is 5.91 Å². The third kappa shape index (κ3) is 5.91. The highest BCUT2D eigenvalue weighted by Crippen LogP contribution is 2.42. The van der Waals surface area contributed by atoms with Gasteiger partial charge in [-0.25, -0.2) is 0 Å². The van der Waals surface area contributed by atoms with Gasteiger partial charge >= 0.3 is 0 Å². The molecule has 1 aliphatic heterocycles. The molecule has 6 heteroatoms. The fraction of sp³-hybridized carbons (Fsp3) is 0.947. The molecule has 6 nitrogen and oxygen atoms in total. The van der Waals surface area contributed by atoms with Crippen LogP contribution in [0, 0.1) is 5.41 Å². The second kappa shape index (κ2) is 9.86. The minimum absolute atomic E-state index is 0.0197. The Morgan fingerprint density at radius 3 is 2.04 bits per heavy atom. The number of carbonyl (C=O) groups excluding carboxylic acids is 1. The first-order valence-corrected chi connectivity index (χ1v) is 9.93. The monoisotopic (exact) mass is 356 g/mol. The van der Waals surface area contributed by atoms with Gasteiger partial charge in [0.25, 0.3) is 0 Å². The van der Waals surface area contributed by atoms with E-state index < -0.39 is 25.4 Å². The summed E-state index contributed by atoms with van der Waals surface area (Å²) in [6.07, 6.45) is 11.0. The van der Waals surface area contributed by atoms with Gasteiger partial charge in [-0.2, -0.15) is 0 Å². The smallest absolute Gasteiger partial charge is 0.221 e. The van der Waals surface area contributed by atoms with Crippen molar-refractivity contribution < 1.29 is 20.1 Å². The van der Waals surface area contributed by atoms with Gasteiger partial charge < -0.3 is 25.5 Å². The van der Waals surface area contributed by atoms with Gasteiger partial charge in [0.1, 0.15) is 5.54 Å². The number of nitrogens with one attached hydrogen (secondary N) is 1. The Morgan fingerprint density at radius 1 is 0.920 bits per heavy atom. The summed E-state index contributed by atoms with van der Waals surface area (Å²) in [6, 6.07) is 0. The molecule has 1 aliphatic carbocycles. The average molecular weight is 357 g/mol. The lowest BCUT2D eigenvalue weighted by molar-refractivity contribution is -0.128. The summed E-state index contributed by atoms with van der Waals surface area (Å²) in [5.74, 6) is -0.169. The summed E-state index contributed by atoms with van der Waals surface area (Å²) in [4.78, 5) is 15.1. The van der Waals surface area contributed by atoms with E-state index in [4.69, 9.17) is 0 Å². The molecule has 0 radical (unpaired) electrons. The molecule has 1 saturated carbocycles. The van der Waals surface area contributed by atoms with E-state index in [0.29, 0.717) is 6.42 Å². The molecule has 0 unspecified atom stereocenters. The highest BCUT2D eigenvalue weighted by Gasteiger charge is 2.37. The minimum Gasteiger partial charge on any atom is -0.394 e. The quantitative estimate of drug-likeness (QED) is 0.495. The Kier molecular flexibility index (Phi) is 8.13. The van der Waals surface area contributed by atoms with Crippen LogP contribution in [-0.4, -0.2) is 71.1 Å². The molecular weight excluding hydrogens is 320 g/mol. The number of likely N-dealkylation sites (tertiary alicyclic amines) is 1. The zero-order valence-electron chi connectivity index (χ0n) is 15.5. The fourth-order valence-electron chi connectivity index (χ4n) is 4.34. The van der Waals surface area contributed by atoms with Crippen molar-refractivity contribution in [2.45, 2.75) is 69.7 Å². The second-order valence-electron chi connectivity index (χ2n) is 8.19. The molecule has 0 aromatic carbocycles. The molecule has 0 atom stereocenters. The van der Waals surface area contributed by atoms with Gasteiger partial charge in [0, 0.05) is 6.42 Å². The summed E-state index contributed by atoms with van der Waals surface area (Å²) in [5, 5.41) is 31.0. The number of amides is 1. The molecule has 1 amide bonds. The van der Waals surface area contributed by atoms with Crippen LogP contribution in [-0.2, 0) is 4.79 Å². The van der Waals surface area contributed by atoms with Crippen molar-refractivity contribution in [1.29, 1.82) is 0 Å². The third-order valence-electron chi connectivity index (χ3n) is 6.17. The molecule has 0 spiro atoms. The molecule has 146 valence electrons. The van der Waals surface area contributed by atoms with Crippen LogP contribution in [0.15, 0.2) is 0 Å². The first-order chi connectivity index (χ1) is 12.1. The summed E-state index contributed by atoms with van der Waals surface area (Å²) in [6.45, 7) is 2.00. The van der Waals surface area contributed by atoms with Crippen LogP contribution in [0.4, 0.5) is 0 Å². The van der Waals surface area contributed by atoms with Crippen LogP contribution in [0.1, 0.15) is 64.2 Å². The van der Waals surface area contributed by atoms with Crippen LogP contribution < -0.4 is 5.32 Å². The van der Waals surface area contributed by atoms with Crippen molar-refractivity contribution in [3.8, 4) is 0 Å². The molecule has 4 N–H and O–H groups in total. The Hall–Kier alpha value is -0.690. The van der Waals surface area contributed by atoms with Gasteiger partial charge in [-0.15, -0.1) is 0 Å². The molecule has 2 rings (SSSR count). The minimum atomic E-state index is -1.32. The fourth-order valence-corrected chi connectivity index (χ4v) is 4.34. The van der Waals surface area contributed by atoms with E-state index >= 15 is 0 Å². The van der Waals surface area contributed by atoms with E-state index in [0.717, 1.165) is 25.8 Å². The number of carbonyl (C=O) groups is 1. The number of rotatable bonds is 9. The largest absolute Gasteiger partial charge is 0.394 e. The van der Waals surface area contributed by atoms with E-state index in [2.05, 4.69) is 10.2 Å². The van der Waals surface area contributed by atoms with Gasteiger partial charge in [-0.1, -0.05) is 25.7 Å². The van der Waals surface area contributed by atoms with Crippen LogP contribution in [0.3, 0.4) is 0 Å². The van der Waals surface area contributed by atoms with Gasteiger partial charge in [0.2, 0.25) is 5.91 Å². The predicted octanol–water partition coefficient (Wildman–Crippen LogP) is 1.03. The van der Waals surface area contributed by atoms with Gasteiger partial charge in [0.15, 0.2) is 0 Å². The Labute approximate surface area is 151 Å². The predicted molar refractivity (Wildman–Crippen MR) is 97.2 cm³/mol. The van der Waals surface area contributed by atoms with Crippen LogP contribution in [0.25, 0.3) is 0 Å². The molecule has 2 aliphatic rings. The highest BCUT2D eigenvalue weighted by atomic mass is 16.3. The highest BCUT2D eigenvalue weighted by molar-refractivity contribution is 5.77. The van der Waals surface area contributed by atoms with Gasteiger partial charge in [-0.05, 0) is 57.2 Å². The van der Waals surface area contributed by atoms with E-state index in [1.807, 2.05) is 0 Å². The average Bonchev–Trinajstić information content (AvgIpc) is 2.66. The maximum Gasteiger partial charge on any atom is 0.221 e. The summed E-state index contributed by atoms with van der Waals surface area (Å²) >= 11 is 0. The van der Waals surface area contributed by atoms with Crippen LogP contribution >= 0.6 is 0 Å². The summed E-state index contributed by atoms with van der Waals surface area (Å²) < 4.78 is 0. The summed E-state index contributed by atoms with van der Waals surface area (Å²) in [5.41, 5.74) is -1.30. The van der Waals surface area contributed by atoms with E-state index in [1.165, 1.54) is 51.6 Å².